The van der Waals surface area contributed by atoms with Crippen molar-refractivity contribution >= 4 is 29.2 Å². The van der Waals surface area contributed by atoms with Crippen molar-refractivity contribution in [2.75, 3.05) is 32.7 Å². The summed E-state index contributed by atoms with van der Waals surface area (Å²) in [6.07, 6.45) is 0.795. The van der Waals surface area contributed by atoms with E-state index in [1.807, 2.05) is 13.8 Å². The van der Waals surface area contributed by atoms with Gasteiger partial charge in [0.25, 0.3) is 0 Å². The van der Waals surface area contributed by atoms with E-state index >= 15 is 0 Å². The van der Waals surface area contributed by atoms with Crippen LogP contribution in [0.25, 0.3) is 0 Å². The van der Waals surface area contributed by atoms with Crippen LogP contribution in [0, 0.1) is 13.8 Å². The average molecular weight is 352 g/mol. The molecule has 24 heavy (non-hydrogen) atoms. The van der Waals surface area contributed by atoms with E-state index in [4.69, 9.17) is 0 Å². The Morgan fingerprint density at radius 1 is 1.38 bits per heavy atom. The Morgan fingerprint density at radius 3 is 2.75 bits per heavy atom. The number of nitrogens with zero attached hydrogens (tertiary/aromatic N) is 3. The third-order valence-corrected chi connectivity index (χ3v) is 4.71. The summed E-state index contributed by atoms with van der Waals surface area (Å²) in [5, 5.41) is 9.88. The van der Waals surface area contributed by atoms with Crippen LogP contribution in [0.5, 0.6) is 0 Å². The first-order valence-electron chi connectivity index (χ1n) is 8.04. The van der Waals surface area contributed by atoms with E-state index in [1.54, 1.807) is 11.3 Å². The highest BCUT2D eigenvalue weighted by atomic mass is 32.1. The lowest BCUT2D eigenvalue weighted by atomic mass is 10.4. The van der Waals surface area contributed by atoms with Crippen LogP contribution in [0.1, 0.15) is 22.5 Å². The molecule has 1 aromatic heterocycles. The Bertz CT molecular complexity index is 592. The summed E-state index contributed by atoms with van der Waals surface area (Å²) in [7, 11) is 0. The summed E-state index contributed by atoms with van der Waals surface area (Å²) in [5.41, 5.74) is 1.08. The molecule has 132 valence electrons. The van der Waals surface area contributed by atoms with E-state index in [0.717, 1.165) is 23.7 Å². The Morgan fingerprint density at radius 2 is 2.17 bits per heavy atom. The number of hydrogen-bond acceptors (Lipinski definition) is 5. The third-order valence-electron chi connectivity index (χ3n) is 3.58. The van der Waals surface area contributed by atoms with Gasteiger partial charge in [0.05, 0.1) is 17.2 Å². The lowest BCUT2D eigenvalue weighted by Crippen LogP contribution is -2.43. The van der Waals surface area contributed by atoms with E-state index in [0.29, 0.717) is 25.6 Å². The highest BCUT2D eigenvalue weighted by molar-refractivity contribution is 7.11. The van der Waals surface area contributed by atoms with Gasteiger partial charge in [0, 0.05) is 37.5 Å². The summed E-state index contributed by atoms with van der Waals surface area (Å²) < 4.78 is 0. The van der Waals surface area contributed by atoms with E-state index in [-0.39, 0.29) is 18.5 Å². The number of hydrogen-bond donors (Lipinski definition) is 3. The van der Waals surface area contributed by atoms with Gasteiger partial charge in [-0.15, -0.1) is 11.3 Å². The van der Waals surface area contributed by atoms with Crippen molar-refractivity contribution in [3.05, 3.63) is 15.6 Å². The molecule has 3 N–H and O–H groups in total. The average Bonchev–Trinajstić information content (AvgIpc) is 3.03. The normalized spacial score (nSPS) is 15.0. The molecule has 0 saturated carbocycles. The van der Waals surface area contributed by atoms with E-state index < -0.39 is 0 Å². The van der Waals surface area contributed by atoms with Crippen molar-refractivity contribution in [3.63, 3.8) is 0 Å². The highest BCUT2D eigenvalue weighted by Gasteiger charge is 2.27. The van der Waals surface area contributed by atoms with Gasteiger partial charge in [-0.1, -0.05) is 0 Å². The van der Waals surface area contributed by atoms with Gasteiger partial charge in [-0.3, -0.25) is 14.7 Å². The van der Waals surface area contributed by atoms with E-state index in [2.05, 4.69) is 32.9 Å². The number of rotatable bonds is 7. The quantitative estimate of drug-likeness (QED) is 0.375. The van der Waals surface area contributed by atoms with Crippen molar-refractivity contribution in [1.29, 1.82) is 0 Å². The monoisotopic (exact) mass is 352 g/mol. The maximum Gasteiger partial charge on any atom is 0.324 e. The molecule has 0 atom stereocenters. The number of imide groups is 1. The largest absolute Gasteiger partial charge is 0.357 e. The molecule has 1 aromatic rings. The van der Waals surface area contributed by atoms with Crippen LogP contribution in [0.3, 0.4) is 0 Å². The van der Waals surface area contributed by atoms with E-state index in [9.17, 15) is 9.59 Å². The number of carbonyl (C=O) groups is 2. The first kappa shape index (κ1) is 18.2. The number of aliphatic imine (C=N–C) groups is 1. The maximum absolute atomic E-state index is 11.5. The number of aromatic nitrogens is 1. The molecule has 0 aromatic carbocycles. The van der Waals surface area contributed by atoms with Gasteiger partial charge >= 0.3 is 6.03 Å². The van der Waals surface area contributed by atoms with Gasteiger partial charge in [-0.25, -0.2) is 9.78 Å². The number of guanidine groups is 1. The minimum atomic E-state index is -0.335. The second-order valence-corrected chi connectivity index (χ2v) is 6.68. The first-order chi connectivity index (χ1) is 11.5. The number of aryl methyl sites for hydroxylation is 2. The second-order valence-electron chi connectivity index (χ2n) is 5.39. The third kappa shape index (κ3) is 4.92. The number of amides is 3. The van der Waals surface area contributed by atoms with Crippen LogP contribution < -0.4 is 16.0 Å². The molecule has 0 radical (unpaired) electrons. The van der Waals surface area contributed by atoms with Gasteiger partial charge in [-0.05, 0) is 20.8 Å². The summed E-state index contributed by atoms with van der Waals surface area (Å²) >= 11 is 1.70. The van der Waals surface area contributed by atoms with Gasteiger partial charge < -0.3 is 16.0 Å². The van der Waals surface area contributed by atoms with Gasteiger partial charge in [0.15, 0.2) is 5.96 Å². The zero-order valence-electron chi connectivity index (χ0n) is 14.3. The molecule has 0 aliphatic carbocycles. The predicted molar refractivity (Wildman–Crippen MR) is 94.4 cm³/mol. The summed E-state index contributed by atoms with van der Waals surface area (Å²) in [5.74, 6) is 0.479. The molecule has 1 saturated heterocycles. The van der Waals surface area contributed by atoms with Crippen molar-refractivity contribution in [2.45, 2.75) is 27.2 Å². The lowest BCUT2D eigenvalue weighted by Gasteiger charge is -2.15. The number of nitrogens with one attached hydrogen (secondary N) is 3. The molecule has 2 rings (SSSR count). The number of carbonyl (C=O) groups excluding carboxylic acids is 2. The molecule has 1 aliphatic rings. The van der Waals surface area contributed by atoms with Crippen molar-refractivity contribution in [2.24, 2.45) is 4.99 Å². The molecule has 2 heterocycles. The minimum Gasteiger partial charge on any atom is -0.357 e. The van der Waals surface area contributed by atoms with Crippen LogP contribution in [-0.2, 0) is 11.2 Å². The van der Waals surface area contributed by atoms with Crippen LogP contribution in [0.15, 0.2) is 4.99 Å². The van der Waals surface area contributed by atoms with Crippen LogP contribution >= 0.6 is 11.3 Å². The molecule has 0 spiro atoms. The minimum absolute atomic E-state index is 0.0830. The van der Waals surface area contributed by atoms with Crippen LogP contribution in [0.2, 0.25) is 0 Å². The van der Waals surface area contributed by atoms with Gasteiger partial charge in [0.1, 0.15) is 0 Å². The zero-order chi connectivity index (χ0) is 17.5. The highest BCUT2D eigenvalue weighted by Crippen LogP contribution is 2.16. The summed E-state index contributed by atoms with van der Waals surface area (Å²) in [4.78, 5) is 34.4. The molecule has 0 unspecified atom stereocenters. The standard InChI is InChI=1S/C15H24N6O2S/c1-4-16-14(17-6-5-12-20-10(2)11(3)24-12)18-7-8-21-13(22)9-19-15(21)23/h4-9H2,1-3H3,(H,19,23)(H2,16,17,18). The molecular weight excluding hydrogens is 328 g/mol. The topological polar surface area (TPSA) is 98.7 Å². The summed E-state index contributed by atoms with van der Waals surface area (Å²) in [6, 6.07) is -0.335. The van der Waals surface area contributed by atoms with Crippen molar-refractivity contribution in [3.8, 4) is 0 Å². The molecular formula is C15H24N6O2S. The SMILES string of the molecule is CCNC(=NCCc1nc(C)c(C)s1)NCCN1C(=O)CNC1=O. The molecule has 8 nitrogen and oxygen atoms in total. The predicted octanol–water partition coefficient (Wildman–Crippen LogP) is 0.409. The fourth-order valence-electron chi connectivity index (χ4n) is 2.22. The Hall–Kier alpha value is -2.16. The molecule has 3 amide bonds. The van der Waals surface area contributed by atoms with Gasteiger partial charge in [0.2, 0.25) is 5.91 Å². The van der Waals surface area contributed by atoms with E-state index in [1.165, 1.54) is 9.78 Å². The Labute approximate surface area is 145 Å². The molecule has 1 fully saturated rings. The Kier molecular flexibility index (Phi) is 6.53. The second kappa shape index (κ2) is 8.62. The molecule has 0 bridgehead atoms. The fourth-order valence-corrected chi connectivity index (χ4v) is 3.14. The number of urea groups is 1. The molecule has 9 heteroatoms. The lowest BCUT2D eigenvalue weighted by molar-refractivity contribution is -0.124. The van der Waals surface area contributed by atoms with Crippen molar-refractivity contribution in [1.82, 2.24) is 25.8 Å². The van der Waals surface area contributed by atoms with Gasteiger partial charge in [-0.2, -0.15) is 0 Å². The smallest absolute Gasteiger partial charge is 0.324 e. The summed E-state index contributed by atoms with van der Waals surface area (Å²) in [6.45, 7) is 8.30. The Balaban J connectivity index is 1.79. The molecule has 1 aliphatic heterocycles. The first-order valence-corrected chi connectivity index (χ1v) is 8.86. The van der Waals surface area contributed by atoms with Crippen molar-refractivity contribution < 1.29 is 9.59 Å². The zero-order valence-corrected chi connectivity index (χ0v) is 15.1. The maximum atomic E-state index is 11.5. The number of thiazole rings is 1. The van der Waals surface area contributed by atoms with Crippen LogP contribution in [-0.4, -0.2) is 60.5 Å². The van der Waals surface area contributed by atoms with Crippen LogP contribution in [0.4, 0.5) is 4.79 Å². The fraction of sp³-hybridized carbons (Fsp3) is 0.600.